The van der Waals surface area contributed by atoms with Gasteiger partial charge in [-0.25, -0.2) is 4.79 Å². The van der Waals surface area contributed by atoms with Crippen LogP contribution in [0.5, 0.6) is 0 Å². The number of nitrogens with zero attached hydrogens (tertiary/aromatic N) is 1. The molecule has 19 heavy (non-hydrogen) atoms. The molecule has 0 fully saturated rings. The lowest BCUT2D eigenvalue weighted by atomic mass is 10.2. The van der Waals surface area contributed by atoms with Crippen LogP contribution in [0.3, 0.4) is 0 Å². The van der Waals surface area contributed by atoms with Crippen LogP contribution in [0.4, 0.5) is 0 Å². The maximum atomic E-state index is 10.7. The van der Waals surface area contributed by atoms with Gasteiger partial charge in [0.05, 0.1) is 13.0 Å². The molecule has 0 bridgehead atoms. The number of carbonyl (C=O) groups is 2. The molecule has 0 saturated heterocycles. The predicted octanol–water partition coefficient (Wildman–Crippen LogP) is 2.05. The van der Waals surface area contributed by atoms with Crippen molar-refractivity contribution in [3.63, 3.8) is 0 Å². The van der Waals surface area contributed by atoms with Crippen LogP contribution in [0, 0.1) is 0 Å². The van der Waals surface area contributed by atoms with Crippen LogP contribution in [0.1, 0.15) is 42.5 Å². The number of hydrogen-bond donors (Lipinski definition) is 2. The fourth-order valence-electron chi connectivity index (χ4n) is 1.70. The van der Waals surface area contributed by atoms with Gasteiger partial charge in [0, 0.05) is 6.54 Å². The number of aromatic carboxylic acids is 1. The molecule has 0 unspecified atom stereocenters. The lowest BCUT2D eigenvalue weighted by molar-refractivity contribution is -0.137. The van der Waals surface area contributed by atoms with Gasteiger partial charge in [-0.2, -0.15) is 0 Å². The summed E-state index contributed by atoms with van der Waals surface area (Å²) in [6.45, 7) is 3.69. The molecular weight excluding hydrogens is 250 g/mol. The Labute approximate surface area is 111 Å². The second-order valence-corrected chi connectivity index (χ2v) is 4.34. The van der Waals surface area contributed by atoms with Gasteiger partial charge in [0.25, 0.3) is 0 Å². The zero-order valence-electron chi connectivity index (χ0n) is 11.0. The minimum atomic E-state index is -1.10. The second-order valence-electron chi connectivity index (χ2n) is 4.34. The van der Waals surface area contributed by atoms with Crippen LogP contribution in [-0.4, -0.2) is 40.1 Å². The first-order chi connectivity index (χ1) is 9.02. The molecule has 0 atom stereocenters. The van der Waals surface area contributed by atoms with Crippen molar-refractivity contribution in [3.8, 4) is 0 Å². The Morgan fingerprint density at radius 1 is 1.26 bits per heavy atom. The highest BCUT2D eigenvalue weighted by molar-refractivity contribution is 5.84. The van der Waals surface area contributed by atoms with Gasteiger partial charge in [0.1, 0.15) is 5.76 Å². The number of furan rings is 1. The van der Waals surface area contributed by atoms with E-state index >= 15 is 0 Å². The fourth-order valence-corrected chi connectivity index (χ4v) is 1.70. The first kappa shape index (κ1) is 15.2. The number of unbranched alkanes of at least 4 members (excludes halogenated alkanes) is 1. The summed E-state index contributed by atoms with van der Waals surface area (Å²) in [5.74, 6) is -1.49. The molecule has 106 valence electrons. The number of carboxylic acid groups (broad SMARTS) is 2. The maximum Gasteiger partial charge on any atom is 0.371 e. The van der Waals surface area contributed by atoms with Gasteiger partial charge in [-0.1, -0.05) is 13.3 Å². The molecule has 6 heteroatoms. The van der Waals surface area contributed by atoms with Crippen LogP contribution < -0.4 is 0 Å². The van der Waals surface area contributed by atoms with Gasteiger partial charge >= 0.3 is 11.9 Å². The number of aliphatic carboxylic acids is 1. The molecule has 0 aliphatic heterocycles. The normalized spacial score (nSPS) is 10.8. The molecule has 0 saturated carbocycles. The third-order valence-corrected chi connectivity index (χ3v) is 2.72. The summed E-state index contributed by atoms with van der Waals surface area (Å²) >= 11 is 0. The average Bonchev–Trinajstić information content (AvgIpc) is 2.81. The van der Waals surface area contributed by atoms with Crippen LogP contribution >= 0.6 is 0 Å². The van der Waals surface area contributed by atoms with E-state index in [0.717, 1.165) is 19.4 Å². The molecule has 1 heterocycles. The predicted molar refractivity (Wildman–Crippen MR) is 68.1 cm³/mol. The first-order valence-electron chi connectivity index (χ1n) is 6.29. The monoisotopic (exact) mass is 269 g/mol. The minimum Gasteiger partial charge on any atom is -0.481 e. The molecule has 0 aliphatic carbocycles. The van der Waals surface area contributed by atoms with Crippen molar-refractivity contribution in [1.82, 2.24) is 4.90 Å². The number of carboxylic acids is 2. The average molecular weight is 269 g/mol. The summed E-state index contributed by atoms with van der Waals surface area (Å²) < 4.78 is 5.17. The van der Waals surface area contributed by atoms with E-state index in [1.54, 1.807) is 6.07 Å². The Balaban J connectivity index is 2.58. The first-order valence-corrected chi connectivity index (χ1v) is 6.29. The van der Waals surface area contributed by atoms with E-state index in [1.807, 2.05) is 4.90 Å². The second kappa shape index (κ2) is 7.58. The quantitative estimate of drug-likeness (QED) is 0.713. The molecule has 6 nitrogen and oxygen atoms in total. The molecule has 0 amide bonds. The Morgan fingerprint density at radius 2 is 2.00 bits per heavy atom. The molecule has 1 rings (SSSR count). The van der Waals surface area contributed by atoms with Gasteiger partial charge in [0.15, 0.2) is 0 Å². The lowest BCUT2D eigenvalue weighted by Crippen LogP contribution is -2.27. The van der Waals surface area contributed by atoms with Crippen molar-refractivity contribution in [2.24, 2.45) is 0 Å². The molecule has 1 aromatic heterocycles. The molecule has 0 aliphatic rings. The third kappa shape index (κ3) is 5.56. The highest BCUT2D eigenvalue weighted by atomic mass is 16.4. The van der Waals surface area contributed by atoms with Crippen molar-refractivity contribution in [2.45, 2.75) is 32.7 Å². The van der Waals surface area contributed by atoms with Crippen molar-refractivity contribution >= 4 is 11.9 Å². The SMILES string of the molecule is CCCCN(CCC(=O)O)Cc1ccc(C(=O)O)o1. The van der Waals surface area contributed by atoms with Crippen molar-refractivity contribution in [2.75, 3.05) is 13.1 Å². The van der Waals surface area contributed by atoms with E-state index in [-0.39, 0.29) is 12.2 Å². The van der Waals surface area contributed by atoms with E-state index < -0.39 is 11.9 Å². The molecule has 0 radical (unpaired) electrons. The summed E-state index contributed by atoms with van der Waals surface area (Å²) in [5, 5.41) is 17.5. The topological polar surface area (TPSA) is 91.0 Å². The Morgan fingerprint density at radius 3 is 2.53 bits per heavy atom. The zero-order valence-corrected chi connectivity index (χ0v) is 11.0. The van der Waals surface area contributed by atoms with E-state index in [2.05, 4.69) is 6.92 Å². The smallest absolute Gasteiger partial charge is 0.371 e. The van der Waals surface area contributed by atoms with Gasteiger partial charge in [-0.3, -0.25) is 9.69 Å². The van der Waals surface area contributed by atoms with Crippen LogP contribution in [-0.2, 0) is 11.3 Å². The lowest BCUT2D eigenvalue weighted by Gasteiger charge is -2.19. The standard InChI is InChI=1S/C13H19NO5/c1-2-3-7-14(8-6-12(15)16)9-10-4-5-11(19-10)13(17)18/h4-5H,2-3,6-9H2,1H3,(H,15,16)(H,17,18). The van der Waals surface area contributed by atoms with Gasteiger partial charge in [-0.15, -0.1) is 0 Å². The van der Waals surface area contributed by atoms with Gasteiger partial charge in [0.2, 0.25) is 5.76 Å². The highest BCUT2D eigenvalue weighted by Gasteiger charge is 2.13. The van der Waals surface area contributed by atoms with Crippen molar-refractivity contribution in [1.29, 1.82) is 0 Å². The largest absolute Gasteiger partial charge is 0.481 e. The summed E-state index contributed by atoms with van der Waals surface area (Å²) in [4.78, 5) is 23.3. The summed E-state index contributed by atoms with van der Waals surface area (Å²) in [7, 11) is 0. The molecule has 0 spiro atoms. The van der Waals surface area contributed by atoms with Crippen LogP contribution in [0.2, 0.25) is 0 Å². The maximum absolute atomic E-state index is 10.7. The van der Waals surface area contributed by atoms with E-state index in [9.17, 15) is 9.59 Å². The van der Waals surface area contributed by atoms with Crippen molar-refractivity contribution < 1.29 is 24.2 Å². The van der Waals surface area contributed by atoms with E-state index in [0.29, 0.717) is 18.8 Å². The van der Waals surface area contributed by atoms with Gasteiger partial charge < -0.3 is 14.6 Å². The zero-order chi connectivity index (χ0) is 14.3. The van der Waals surface area contributed by atoms with Crippen molar-refractivity contribution in [3.05, 3.63) is 23.7 Å². The third-order valence-electron chi connectivity index (χ3n) is 2.72. The van der Waals surface area contributed by atoms with Crippen LogP contribution in [0.15, 0.2) is 16.5 Å². The summed E-state index contributed by atoms with van der Waals surface area (Å²) in [5.41, 5.74) is 0. The van der Waals surface area contributed by atoms with Crippen LogP contribution in [0.25, 0.3) is 0 Å². The van der Waals surface area contributed by atoms with E-state index in [1.165, 1.54) is 6.07 Å². The Kier molecular flexibility index (Phi) is 6.08. The Hall–Kier alpha value is -1.82. The molecule has 1 aromatic rings. The minimum absolute atomic E-state index is 0.0657. The molecule has 0 aromatic carbocycles. The van der Waals surface area contributed by atoms with Gasteiger partial charge in [-0.05, 0) is 25.1 Å². The number of rotatable bonds is 9. The summed E-state index contributed by atoms with van der Waals surface area (Å²) in [6.07, 6.45) is 2.05. The summed E-state index contributed by atoms with van der Waals surface area (Å²) in [6, 6.07) is 3.02. The number of hydrogen-bond acceptors (Lipinski definition) is 4. The molecular formula is C13H19NO5. The Bertz CT molecular complexity index is 426. The highest BCUT2D eigenvalue weighted by Crippen LogP contribution is 2.11. The van der Waals surface area contributed by atoms with E-state index in [4.69, 9.17) is 14.6 Å². The fraction of sp³-hybridized carbons (Fsp3) is 0.538. The molecule has 2 N–H and O–H groups in total.